The number of aryl methyl sites for hydroxylation is 6. The van der Waals surface area contributed by atoms with Gasteiger partial charge < -0.3 is 14.8 Å². The molecule has 7 nitrogen and oxygen atoms in total. The number of H-pyrrole nitrogens is 1. The SMILES string of the molecule is CCCCc1nc(CCc2ccc(CC)cn2)[nH]c(=O)c1Cc1cc(CCC)c(OC(C(=O)O)c2ccccc2)c(CCC)c1. The quantitative estimate of drug-likeness (QED) is 0.128. The molecule has 0 radical (unpaired) electrons. The third-order valence-corrected chi connectivity index (χ3v) is 8.11. The van der Waals surface area contributed by atoms with Crippen LogP contribution in [0.15, 0.2) is 65.6 Å². The van der Waals surface area contributed by atoms with Gasteiger partial charge in [-0.2, -0.15) is 0 Å². The average Bonchev–Trinajstić information content (AvgIpc) is 3.04. The lowest BCUT2D eigenvalue weighted by Crippen LogP contribution is -2.22. The van der Waals surface area contributed by atoms with Crippen LogP contribution < -0.4 is 10.3 Å². The van der Waals surface area contributed by atoms with Crippen LogP contribution in [0.5, 0.6) is 5.75 Å². The molecule has 7 heteroatoms. The fourth-order valence-electron chi connectivity index (χ4n) is 5.71. The summed E-state index contributed by atoms with van der Waals surface area (Å²) in [6.45, 7) is 8.46. The zero-order valence-electron chi connectivity index (χ0n) is 27.2. The van der Waals surface area contributed by atoms with Crippen molar-refractivity contribution in [3.8, 4) is 5.75 Å². The molecule has 0 saturated carbocycles. The van der Waals surface area contributed by atoms with Crippen molar-refractivity contribution in [1.29, 1.82) is 0 Å². The molecule has 0 aliphatic rings. The number of unbranched alkanes of at least 4 members (excludes halogenated alkanes) is 1. The van der Waals surface area contributed by atoms with E-state index in [1.807, 2.05) is 24.4 Å². The highest BCUT2D eigenvalue weighted by Gasteiger charge is 2.25. The van der Waals surface area contributed by atoms with Gasteiger partial charge in [0.1, 0.15) is 11.6 Å². The molecule has 45 heavy (non-hydrogen) atoms. The maximum Gasteiger partial charge on any atom is 0.349 e. The van der Waals surface area contributed by atoms with Crippen molar-refractivity contribution < 1.29 is 14.6 Å². The molecule has 1 atom stereocenters. The molecule has 0 saturated heterocycles. The number of hydrogen-bond donors (Lipinski definition) is 2. The fraction of sp³-hybridized carbons (Fsp3) is 0.421. The number of aromatic nitrogens is 3. The zero-order chi connectivity index (χ0) is 32.2. The molecule has 238 valence electrons. The fourth-order valence-corrected chi connectivity index (χ4v) is 5.71. The minimum absolute atomic E-state index is 0.0928. The van der Waals surface area contributed by atoms with Gasteiger partial charge in [0.15, 0.2) is 0 Å². The lowest BCUT2D eigenvalue weighted by molar-refractivity contribution is -0.145. The van der Waals surface area contributed by atoms with Gasteiger partial charge in [0.2, 0.25) is 6.10 Å². The Morgan fingerprint density at radius 2 is 1.58 bits per heavy atom. The van der Waals surface area contributed by atoms with Crippen LogP contribution in [0, 0.1) is 0 Å². The molecular weight excluding hydrogens is 562 g/mol. The Kier molecular flexibility index (Phi) is 12.5. The Labute approximate surface area is 267 Å². The number of ether oxygens (including phenoxy) is 1. The number of aliphatic carboxylic acids is 1. The first kappa shape index (κ1) is 33.6. The first-order chi connectivity index (χ1) is 21.9. The van der Waals surface area contributed by atoms with Crippen molar-refractivity contribution in [2.24, 2.45) is 0 Å². The summed E-state index contributed by atoms with van der Waals surface area (Å²) in [5.41, 5.74) is 7.21. The van der Waals surface area contributed by atoms with Crippen molar-refractivity contribution in [2.75, 3.05) is 0 Å². The van der Waals surface area contributed by atoms with E-state index in [0.717, 1.165) is 79.4 Å². The van der Waals surface area contributed by atoms with Crippen LogP contribution in [0.3, 0.4) is 0 Å². The number of pyridine rings is 1. The molecule has 0 aliphatic carbocycles. The number of carboxylic acids is 1. The number of carbonyl (C=O) groups is 1. The van der Waals surface area contributed by atoms with Crippen LogP contribution in [0.4, 0.5) is 0 Å². The van der Waals surface area contributed by atoms with E-state index in [1.165, 1.54) is 5.56 Å². The van der Waals surface area contributed by atoms with Gasteiger partial charge in [-0.25, -0.2) is 9.78 Å². The van der Waals surface area contributed by atoms with Crippen LogP contribution in [0.1, 0.15) is 110 Å². The molecule has 2 aromatic carbocycles. The second-order valence-corrected chi connectivity index (χ2v) is 11.7. The van der Waals surface area contributed by atoms with Crippen LogP contribution in [0.25, 0.3) is 0 Å². The number of carboxylic acid groups (broad SMARTS) is 1. The summed E-state index contributed by atoms with van der Waals surface area (Å²) < 4.78 is 6.34. The minimum Gasteiger partial charge on any atom is -0.478 e. The maximum absolute atomic E-state index is 13.6. The van der Waals surface area contributed by atoms with Crippen LogP contribution in [-0.4, -0.2) is 26.0 Å². The first-order valence-electron chi connectivity index (χ1n) is 16.5. The Morgan fingerprint density at radius 3 is 2.16 bits per heavy atom. The Balaban J connectivity index is 1.67. The van der Waals surface area contributed by atoms with Crippen molar-refractivity contribution in [3.63, 3.8) is 0 Å². The molecule has 4 rings (SSSR count). The van der Waals surface area contributed by atoms with E-state index >= 15 is 0 Å². The minimum atomic E-state index is -1.11. The highest BCUT2D eigenvalue weighted by molar-refractivity contribution is 5.75. The standard InChI is InChI=1S/C38H47N3O4/c1-5-9-17-33-32(37(42)41-34(40-33)21-20-31-19-18-26(8-4)25-39-31)24-27-22-29(13-6-2)35(30(23-27)14-7-3)45-36(38(43)44)28-15-11-10-12-16-28/h10-12,15-16,18-19,22-23,25,36H,5-9,13-14,17,20-21,24H2,1-4H3,(H,43,44)(H,40,41,42). The van der Waals surface area contributed by atoms with Crippen molar-refractivity contribution in [3.05, 3.63) is 122 Å². The third-order valence-electron chi connectivity index (χ3n) is 8.11. The number of benzene rings is 2. The summed E-state index contributed by atoms with van der Waals surface area (Å²) in [4.78, 5) is 38.5. The van der Waals surface area contributed by atoms with Gasteiger partial charge in [-0.05, 0) is 66.8 Å². The molecule has 2 heterocycles. The predicted octanol–water partition coefficient (Wildman–Crippen LogP) is 7.56. The monoisotopic (exact) mass is 609 g/mol. The molecule has 0 amide bonds. The number of hydrogen-bond acceptors (Lipinski definition) is 5. The normalized spacial score (nSPS) is 11.8. The highest BCUT2D eigenvalue weighted by atomic mass is 16.5. The number of nitrogens with zero attached hydrogens (tertiary/aromatic N) is 2. The zero-order valence-corrected chi connectivity index (χ0v) is 27.2. The molecule has 0 fully saturated rings. The van der Waals surface area contributed by atoms with Gasteiger partial charge in [0.25, 0.3) is 5.56 Å². The summed E-state index contributed by atoms with van der Waals surface area (Å²) in [6, 6.07) is 17.4. The second kappa shape index (κ2) is 16.7. The van der Waals surface area contributed by atoms with Gasteiger partial charge in [0.05, 0.1) is 5.69 Å². The molecule has 2 N–H and O–H groups in total. The molecule has 1 unspecified atom stereocenters. The van der Waals surface area contributed by atoms with Gasteiger partial charge in [-0.1, -0.05) is 95.5 Å². The third kappa shape index (κ3) is 9.13. The number of aromatic amines is 1. The molecule has 0 bridgehead atoms. The Hall–Kier alpha value is -4.26. The Bertz CT molecular complexity index is 1570. The largest absolute Gasteiger partial charge is 0.478 e. The summed E-state index contributed by atoms with van der Waals surface area (Å²) in [5.74, 6) is 0.314. The molecule has 0 aliphatic heterocycles. The predicted molar refractivity (Wildman–Crippen MR) is 179 cm³/mol. The molecule has 0 spiro atoms. The Morgan fingerprint density at radius 1 is 0.867 bits per heavy atom. The van der Waals surface area contributed by atoms with E-state index in [2.05, 4.69) is 61.9 Å². The van der Waals surface area contributed by atoms with Crippen molar-refractivity contribution in [1.82, 2.24) is 15.0 Å². The summed E-state index contributed by atoms with van der Waals surface area (Å²) >= 11 is 0. The maximum atomic E-state index is 13.6. The molecular formula is C38H47N3O4. The lowest BCUT2D eigenvalue weighted by Gasteiger charge is -2.22. The van der Waals surface area contributed by atoms with E-state index in [0.29, 0.717) is 42.0 Å². The highest BCUT2D eigenvalue weighted by Crippen LogP contribution is 2.34. The smallest absolute Gasteiger partial charge is 0.349 e. The summed E-state index contributed by atoms with van der Waals surface area (Å²) in [7, 11) is 0. The lowest BCUT2D eigenvalue weighted by atomic mass is 9.94. The molecule has 2 aromatic heterocycles. The summed E-state index contributed by atoms with van der Waals surface area (Å²) in [5, 5.41) is 10.1. The van der Waals surface area contributed by atoms with Gasteiger partial charge >= 0.3 is 5.97 Å². The summed E-state index contributed by atoms with van der Waals surface area (Å²) in [6.07, 6.45) is 9.49. The van der Waals surface area contributed by atoms with Crippen LogP contribution in [-0.2, 0) is 49.7 Å². The number of rotatable bonds is 17. The van der Waals surface area contributed by atoms with Crippen LogP contribution in [0.2, 0.25) is 0 Å². The first-order valence-corrected chi connectivity index (χ1v) is 16.5. The molecule has 4 aromatic rings. The van der Waals surface area contributed by atoms with E-state index in [1.54, 1.807) is 12.1 Å². The van der Waals surface area contributed by atoms with E-state index < -0.39 is 12.1 Å². The van der Waals surface area contributed by atoms with Crippen molar-refractivity contribution >= 4 is 5.97 Å². The number of nitrogens with one attached hydrogen (secondary N) is 1. The van der Waals surface area contributed by atoms with Gasteiger partial charge in [0, 0.05) is 35.9 Å². The average molecular weight is 610 g/mol. The van der Waals surface area contributed by atoms with Gasteiger partial charge in [-0.15, -0.1) is 0 Å². The van der Waals surface area contributed by atoms with Gasteiger partial charge in [-0.3, -0.25) is 9.78 Å². The van der Waals surface area contributed by atoms with E-state index in [-0.39, 0.29) is 5.56 Å². The second-order valence-electron chi connectivity index (χ2n) is 11.7. The van der Waals surface area contributed by atoms with E-state index in [9.17, 15) is 14.7 Å². The van der Waals surface area contributed by atoms with Crippen molar-refractivity contribution in [2.45, 2.75) is 104 Å². The van der Waals surface area contributed by atoms with E-state index in [4.69, 9.17) is 9.72 Å². The van der Waals surface area contributed by atoms with Crippen LogP contribution >= 0.6 is 0 Å². The topological polar surface area (TPSA) is 105 Å².